The highest BCUT2D eigenvalue weighted by molar-refractivity contribution is 7.13. The third-order valence-electron chi connectivity index (χ3n) is 4.35. The lowest BCUT2D eigenvalue weighted by molar-refractivity contribution is 0.0144. The second kappa shape index (κ2) is 7.75. The molecule has 1 saturated heterocycles. The van der Waals surface area contributed by atoms with Crippen molar-refractivity contribution in [3.8, 4) is 10.7 Å². The van der Waals surface area contributed by atoms with Crippen molar-refractivity contribution in [2.75, 3.05) is 20.1 Å². The predicted octanol–water partition coefficient (Wildman–Crippen LogP) is 3.63. The van der Waals surface area contributed by atoms with Crippen LogP contribution in [0.15, 0.2) is 22.0 Å². The predicted molar refractivity (Wildman–Crippen MR) is 99.9 cm³/mol. The highest BCUT2D eigenvalue weighted by atomic mass is 32.1. The number of ether oxygens (including phenoxy) is 1. The van der Waals surface area contributed by atoms with Crippen LogP contribution in [0.1, 0.15) is 39.5 Å². The van der Waals surface area contributed by atoms with Crippen LogP contribution in [0.25, 0.3) is 10.7 Å². The quantitative estimate of drug-likeness (QED) is 0.809. The zero-order valence-corrected chi connectivity index (χ0v) is 16.6. The standard InChI is InChI=1S/C18H26N4O3S/c1-18(2,3)24-17(23)21(4)13-7-9-22(10-8-13)12-15-19-16(20-25-15)14-6-5-11-26-14/h5-6,11,13H,7-10,12H2,1-4H3. The molecule has 0 unspecified atom stereocenters. The molecule has 2 aromatic heterocycles. The molecular formula is C18H26N4O3S. The van der Waals surface area contributed by atoms with Gasteiger partial charge in [0.2, 0.25) is 11.7 Å². The van der Waals surface area contributed by atoms with Gasteiger partial charge in [0.15, 0.2) is 0 Å². The lowest BCUT2D eigenvalue weighted by atomic mass is 10.0. The van der Waals surface area contributed by atoms with E-state index in [9.17, 15) is 4.79 Å². The number of nitrogens with zero attached hydrogens (tertiary/aromatic N) is 4. The zero-order chi connectivity index (χ0) is 18.7. The Kier molecular flexibility index (Phi) is 5.62. The van der Waals surface area contributed by atoms with E-state index in [1.165, 1.54) is 0 Å². The first-order valence-electron chi connectivity index (χ1n) is 8.86. The average Bonchev–Trinajstić information content (AvgIpc) is 3.24. The van der Waals surface area contributed by atoms with Gasteiger partial charge < -0.3 is 14.2 Å². The van der Waals surface area contributed by atoms with E-state index in [0.29, 0.717) is 18.3 Å². The van der Waals surface area contributed by atoms with Crippen LogP contribution in [-0.2, 0) is 11.3 Å². The van der Waals surface area contributed by atoms with Crippen molar-refractivity contribution in [3.05, 3.63) is 23.4 Å². The van der Waals surface area contributed by atoms with Crippen molar-refractivity contribution in [1.82, 2.24) is 19.9 Å². The van der Waals surface area contributed by atoms with Gasteiger partial charge in [0, 0.05) is 26.2 Å². The summed E-state index contributed by atoms with van der Waals surface area (Å²) in [6.45, 7) is 8.06. The summed E-state index contributed by atoms with van der Waals surface area (Å²) in [7, 11) is 1.82. The summed E-state index contributed by atoms with van der Waals surface area (Å²) in [5.41, 5.74) is -0.468. The van der Waals surface area contributed by atoms with Gasteiger partial charge in [-0.2, -0.15) is 4.98 Å². The number of piperidine rings is 1. The highest BCUT2D eigenvalue weighted by Gasteiger charge is 2.29. The van der Waals surface area contributed by atoms with E-state index >= 15 is 0 Å². The molecule has 2 aromatic rings. The maximum absolute atomic E-state index is 12.2. The number of thiophene rings is 1. The fourth-order valence-electron chi connectivity index (χ4n) is 2.96. The molecule has 0 saturated carbocycles. The summed E-state index contributed by atoms with van der Waals surface area (Å²) in [4.78, 5) is 21.7. The number of amides is 1. The lowest BCUT2D eigenvalue weighted by Gasteiger charge is -2.36. The molecule has 1 aliphatic heterocycles. The second-order valence-electron chi connectivity index (χ2n) is 7.59. The van der Waals surface area contributed by atoms with Gasteiger partial charge in [0.25, 0.3) is 0 Å². The fourth-order valence-corrected chi connectivity index (χ4v) is 3.61. The summed E-state index contributed by atoms with van der Waals surface area (Å²) < 4.78 is 10.8. The average molecular weight is 378 g/mol. The van der Waals surface area contributed by atoms with Gasteiger partial charge in [0.1, 0.15) is 5.60 Å². The Labute approximate surface area is 157 Å². The molecule has 8 heteroatoms. The molecule has 7 nitrogen and oxygen atoms in total. The van der Waals surface area contributed by atoms with Crippen LogP contribution >= 0.6 is 11.3 Å². The lowest BCUT2D eigenvalue weighted by Crippen LogP contribution is -2.46. The van der Waals surface area contributed by atoms with Crippen LogP contribution in [-0.4, -0.2) is 57.8 Å². The van der Waals surface area contributed by atoms with Crippen LogP contribution in [0.4, 0.5) is 4.79 Å². The molecule has 3 heterocycles. The molecule has 0 atom stereocenters. The molecule has 1 fully saturated rings. The van der Waals surface area contributed by atoms with Gasteiger partial charge in [-0.05, 0) is 45.1 Å². The molecule has 0 aromatic carbocycles. The smallest absolute Gasteiger partial charge is 0.410 e. The van der Waals surface area contributed by atoms with Gasteiger partial charge in [-0.25, -0.2) is 4.79 Å². The van der Waals surface area contributed by atoms with Gasteiger partial charge in [-0.1, -0.05) is 11.2 Å². The number of carbonyl (C=O) groups is 1. The SMILES string of the molecule is CN(C(=O)OC(C)(C)C)C1CCN(Cc2nc(-c3cccs3)no2)CC1. The second-order valence-corrected chi connectivity index (χ2v) is 8.54. The fraction of sp³-hybridized carbons (Fsp3) is 0.611. The van der Waals surface area contributed by atoms with Crippen LogP contribution in [0, 0.1) is 0 Å². The molecule has 26 heavy (non-hydrogen) atoms. The molecule has 0 spiro atoms. The largest absolute Gasteiger partial charge is 0.444 e. The van der Waals surface area contributed by atoms with Gasteiger partial charge in [-0.3, -0.25) is 4.90 Å². The maximum atomic E-state index is 12.2. The Hall–Kier alpha value is -1.93. The number of rotatable bonds is 4. The molecule has 0 radical (unpaired) electrons. The molecule has 0 bridgehead atoms. The third kappa shape index (κ3) is 4.82. The molecule has 0 aliphatic carbocycles. The normalized spacial score (nSPS) is 16.6. The van der Waals surface area contributed by atoms with Crippen LogP contribution < -0.4 is 0 Å². The first-order valence-corrected chi connectivity index (χ1v) is 9.74. The van der Waals surface area contributed by atoms with Crippen molar-refractivity contribution in [3.63, 3.8) is 0 Å². The van der Waals surface area contributed by atoms with Gasteiger partial charge in [0.05, 0.1) is 11.4 Å². The number of likely N-dealkylation sites (tertiary alicyclic amines) is 1. The van der Waals surface area contributed by atoms with E-state index in [1.54, 1.807) is 16.2 Å². The monoisotopic (exact) mass is 378 g/mol. The van der Waals surface area contributed by atoms with E-state index in [-0.39, 0.29) is 12.1 Å². The number of hydrogen-bond donors (Lipinski definition) is 0. The summed E-state index contributed by atoms with van der Waals surface area (Å²) in [5, 5.41) is 6.05. The summed E-state index contributed by atoms with van der Waals surface area (Å²) in [5.74, 6) is 1.28. The Morgan fingerprint density at radius 1 is 1.42 bits per heavy atom. The van der Waals surface area contributed by atoms with E-state index in [2.05, 4.69) is 15.0 Å². The van der Waals surface area contributed by atoms with Crippen molar-refractivity contribution < 1.29 is 14.1 Å². The maximum Gasteiger partial charge on any atom is 0.410 e. The Morgan fingerprint density at radius 3 is 2.77 bits per heavy atom. The summed E-state index contributed by atoms with van der Waals surface area (Å²) in [6.07, 6.45) is 1.55. The molecular weight excluding hydrogens is 352 g/mol. The molecule has 1 amide bonds. The van der Waals surface area contributed by atoms with Crippen LogP contribution in [0.5, 0.6) is 0 Å². The molecule has 3 rings (SSSR count). The van der Waals surface area contributed by atoms with Gasteiger partial charge in [-0.15, -0.1) is 11.3 Å². The van der Waals surface area contributed by atoms with Crippen molar-refractivity contribution in [1.29, 1.82) is 0 Å². The van der Waals surface area contributed by atoms with Crippen LogP contribution in [0.2, 0.25) is 0 Å². The zero-order valence-electron chi connectivity index (χ0n) is 15.8. The van der Waals surface area contributed by atoms with E-state index in [1.807, 2.05) is 45.3 Å². The minimum absolute atomic E-state index is 0.200. The molecule has 142 valence electrons. The van der Waals surface area contributed by atoms with E-state index < -0.39 is 5.60 Å². The molecule has 0 N–H and O–H groups in total. The Bertz CT molecular complexity index is 715. The first-order chi connectivity index (χ1) is 12.3. The Morgan fingerprint density at radius 2 is 2.15 bits per heavy atom. The minimum atomic E-state index is -0.468. The topological polar surface area (TPSA) is 71.7 Å². The minimum Gasteiger partial charge on any atom is -0.444 e. The number of carbonyl (C=O) groups excluding carboxylic acids is 1. The van der Waals surface area contributed by atoms with Crippen molar-refractivity contribution >= 4 is 17.4 Å². The van der Waals surface area contributed by atoms with E-state index in [0.717, 1.165) is 30.8 Å². The van der Waals surface area contributed by atoms with Crippen molar-refractivity contribution in [2.24, 2.45) is 0 Å². The highest BCUT2D eigenvalue weighted by Crippen LogP contribution is 2.23. The van der Waals surface area contributed by atoms with Crippen molar-refractivity contribution in [2.45, 2.75) is 51.8 Å². The molecule has 1 aliphatic rings. The third-order valence-corrected chi connectivity index (χ3v) is 5.22. The number of aromatic nitrogens is 2. The van der Waals surface area contributed by atoms with Gasteiger partial charge >= 0.3 is 6.09 Å². The summed E-state index contributed by atoms with van der Waals surface area (Å²) in [6, 6.07) is 4.16. The number of hydrogen-bond acceptors (Lipinski definition) is 7. The first kappa shape index (κ1) is 18.8. The van der Waals surface area contributed by atoms with E-state index in [4.69, 9.17) is 9.26 Å². The van der Waals surface area contributed by atoms with Crippen LogP contribution in [0.3, 0.4) is 0 Å². The Balaban J connectivity index is 1.49. The summed E-state index contributed by atoms with van der Waals surface area (Å²) >= 11 is 1.60.